The van der Waals surface area contributed by atoms with E-state index in [2.05, 4.69) is 0 Å². The summed E-state index contributed by atoms with van der Waals surface area (Å²) in [4.78, 5) is 23.8. The van der Waals surface area contributed by atoms with Crippen LogP contribution in [-0.2, 0) is 9.47 Å². The maximum Gasteiger partial charge on any atom is 0.341 e. The average Bonchev–Trinajstić information content (AvgIpc) is 2.65. The first kappa shape index (κ1) is 17.3. The van der Waals surface area contributed by atoms with E-state index in [-0.39, 0.29) is 0 Å². The molecular formula is C18H18O6. The molecule has 0 spiro atoms. The summed E-state index contributed by atoms with van der Waals surface area (Å²) in [7, 11) is 5.56. The lowest BCUT2D eigenvalue weighted by atomic mass is 10.00. The highest BCUT2D eigenvalue weighted by Gasteiger charge is 2.17. The Labute approximate surface area is 139 Å². The molecule has 2 aromatic rings. The lowest BCUT2D eigenvalue weighted by molar-refractivity contribution is 0.0587. The maximum absolute atomic E-state index is 11.9. The molecule has 0 aliphatic carbocycles. The minimum Gasteiger partial charge on any atom is -0.496 e. The fourth-order valence-electron chi connectivity index (χ4n) is 2.31. The standard InChI is InChI=1S/C18H18O6/c1-21-15-7-5-11(9-13(15)17(19)23-3)12-6-8-16(22-2)14(10-12)18(20)24-4/h5-10H,1-4H3. The summed E-state index contributed by atoms with van der Waals surface area (Å²) >= 11 is 0. The van der Waals surface area contributed by atoms with E-state index >= 15 is 0 Å². The van der Waals surface area contributed by atoms with E-state index in [1.54, 1.807) is 36.4 Å². The fourth-order valence-corrected chi connectivity index (χ4v) is 2.31. The van der Waals surface area contributed by atoms with Crippen LogP contribution in [0.5, 0.6) is 11.5 Å². The van der Waals surface area contributed by atoms with Crippen molar-refractivity contribution in [2.24, 2.45) is 0 Å². The second-order valence-corrected chi connectivity index (χ2v) is 4.81. The minimum absolute atomic E-state index is 0.299. The zero-order valence-corrected chi connectivity index (χ0v) is 13.9. The number of methoxy groups -OCH3 is 4. The summed E-state index contributed by atoms with van der Waals surface area (Å²) in [6, 6.07) is 10.2. The summed E-state index contributed by atoms with van der Waals surface area (Å²) in [6.45, 7) is 0. The normalized spacial score (nSPS) is 10.0. The van der Waals surface area contributed by atoms with Gasteiger partial charge in [0, 0.05) is 0 Å². The van der Waals surface area contributed by atoms with E-state index < -0.39 is 11.9 Å². The van der Waals surface area contributed by atoms with Crippen LogP contribution in [-0.4, -0.2) is 40.4 Å². The van der Waals surface area contributed by atoms with Gasteiger partial charge in [-0.3, -0.25) is 0 Å². The van der Waals surface area contributed by atoms with Crippen molar-refractivity contribution < 1.29 is 28.5 Å². The van der Waals surface area contributed by atoms with Crippen molar-refractivity contribution in [1.82, 2.24) is 0 Å². The van der Waals surface area contributed by atoms with Gasteiger partial charge in [0.05, 0.1) is 28.4 Å². The first-order valence-electron chi connectivity index (χ1n) is 7.08. The van der Waals surface area contributed by atoms with E-state index in [0.29, 0.717) is 22.6 Å². The lowest BCUT2D eigenvalue weighted by Crippen LogP contribution is -2.05. The van der Waals surface area contributed by atoms with Crippen LogP contribution in [0, 0.1) is 0 Å². The molecule has 0 unspecified atom stereocenters. The van der Waals surface area contributed by atoms with E-state index in [1.165, 1.54) is 28.4 Å². The molecule has 0 heterocycles. The number of benzene rings is 2. The summed E-state index contributed by atoms with van der Waals surface area (Å²) in [6.07, 6.45) is 0. The predicted molar refractivity (Wildman–Crippen MR) is 87.7 cm³/mol. The van der Waals surface area contributed by atoms with Gasteiger partial charge in [0.25, 0.3) is 0 Å². The second kappa shape index (κ2) is 7.50. The Balaban J connectivity index is 2.56. The molecule has 126 valence electrons. The summed E-state index contributed by atoms with van der Waals surface area (Å²) in [5, 5.41) is 0. The second-order valence-electron chi connectivity index (χ2n) is 4.81. The van der Waals surface area contributed by atoms with Crippen molar-refractivity contribution in [3.8, 4) is 22.6 Å². The monoisotopic (exact) mass is 330 g/mol. The van der Waals surface area contributed by atoms with Crippen molar-refractivity contribution in [2.75, 3.05) is 28.4 Å². The quantitative estimate of drug-likeness (QED) is 0.785. The Bertz CT molecular complexity index is 701. The zero-order valence-electron chi connectivity index (χ0n) is 13.9. The highest BCUT2D eigenvalue weighted by Crippen LogP contribution is 2.30. The molecule has 0 saturated carbocycles. The van der Waals surface area contributed by atoms with Gasteiger partial charge in [0.15, 0.2) is 0 Å². The molecule has 0 saturated heterocycles. The molecule has 0 bridgehead atoms. The predicted octanol–water partition coefficient (Wildman–Crippen LogP) is 2.94. The molecule has 0 radical (unpaired) electrons. The molecule has 0 fully saturated rings. The number of hydrogen-bond acceptors (Lipinski definition) is 6. The Morgan fingerprint density at radius 2 is 1.04 bits per heavy atom. The van der Waals surface area contributed by atoms with Gasteiger partial charge in [-0.2, -0.15) is 0 Å². The SMILES string of the molecule is COC(=O)c1cc(-c2ccc(OC)c(C(=O)OC)c2)ccc1OC. The van der Waals surface area contributed by atoms with Gasteiger partial charge in [0.2, 0.25) is 0 Å². The molecule has 0 aliphatic heterocycles. The van der Waals surface area contributed by atoms with Crippen LogP contribution in [0.25, 0.3) is 11.1 Å². The van der Waals surface area contributed by atoms with Crippen LogP contribution in [0.15, 0.2) is 36.4 Å². The van der Waals surface area contributed by atoms with E-state index in [4.69, 9.17) is 18.9 Å². The van der Waals surface area contributed by atoms with Crippen molar-refractivity contribution in [1.29, 1.82) is 0 Å². The number of hydrogen-bond donors (Lipinski definition) is 0. The molecule has 0 N–H and O–H groups in total. The van der Waals surface area contributed by atoms with Crippen molar-refractivity contribution in [3.63, 3.8) is 0 Å². The van der Waals surface area contributed by atoms with Crippen LogP contribution in [0.1, 0.15) is 20.7 Å². The molecule has 2 aromatic carbocycles. The van der Waals surface area contributed by atoms with Gasteiger partial charge in [0.1, 0.15) is 22.6 Å². The van der Waals surface area contributed by atoms with Gasteiger partial charge in [-0.15, -0.1) is 0 Å². The number of esters is 2. The Kier molecular flexibility index (Phi) is 5.42. The largest absolute Gasteiger partial charge is 0.496 e. The van der Waals surface area contributed by atoms with Crippen LogP contribution in [0.4, 0.5) is 0 Å². The highest BCUT2D eigenvalue weighted by molar-refractivity contribution is 5.96. The Hall–Kier alpha value is -3.02. The van der Waals surface area contributed by atoms with Crippen LogP contribution >= 0.6 is 0 Å². The van der Waals surface area contributed by atoms with Crippen molar-refractivity contribution >= 4 is 11.9 Å². The van der Waals surface area contributed by atoms with Gasteiger partial charge in [-0.1, -0.05) is 12.1 Å². The third kappa shape index (κ3) is 3.32. The van der Waals surface area contributed by atoms with Gasteiger partial charge >= 0.3 is 11.9 Å². The molecule has 0 amide bonds. The zero-order chi connectivity index (χ0) is 17.7. The van der Waals surface area contributed by atoms with Crippen molar-refractivity contribution in [2.45, 2.75) is 0 Å². The highest BCUT2D eigenvalue weighted by atomic mass is 16.5. The van der Waals surface area contributed by atoms with E-state index in [0.717, 1.165) is 11.1 Å². The van der Waals surface area contributed by atoms with Crippen LogP contribution in [0.3, 0.4) is 0 Å². The average molecular weight is 330 g/mol. The molecule has 24 heavy (non-hydrogen) atoms. The lowest BCUT2D eigenvalue weighted by Gasteiger charge is -2.12. The summed E-state index contributed by atoms with van der Waals surface area (Å²) in [5.41, 5.74) is 2.05. The topological polar surface area (TPSA) is 71.1 Å². The number of ether oxygens (including phenoxy) is 4. The minimum atomic E-state index is -0.504. The Morgan fingerprint density at radius 1 is 0.667 bits per heavy atom. The van der Waals surface area contributed by atoms with Gasteiger partial charge < -0.3 is 18.9 Å². The number of rotatable bonds is 5. The fraction of sp³-hybridized carbons (Fsp3) is 0.222. The third-order valence-electron chi connectivity index (χ3n) is 3.54. The number of carbonyl (C=O) groups is 2. The van der Waals surface area contributed by atoms with Gasteiger partial charge in [-0.25, -0.2) is 9.59 Å². The molecule has 0 aromatic heterocycles. The molecule has 0 aliphatic rings. The maximum atomic E-state index is 11.9. The Morgan fingerprint density at radius 3 is 1.33 bits per heavy atom. The summed E-state index contributed by atoms with van der Waals surface area (Å²) < 4.78 is 19.9. The van der Waals surface area contributed by atoms with E-state index in [9.17, 15) is 9.59 Å². The first-order chi connectivity index (χ1) is 11.5. The van der Waals surface area contributed by atoms with Crippen LogP contribution < -0.4 is 9.47 Å². The molecule has 6 heteroatoms. The molecule has 2 rings (SSSR count). The van der Waals surface area contributed by atoms with Crippen molar-refractivity contribution in [3.05, 3.63) is 47.5 Å². The first-order valence-corrected chi connectivity index (χ1v) is 7.08. The number of carbonyl (C=O) groups excluding carboxylic acids is 2. The molecule has 0 atom stereocenters. The van der Waals surface area contributed by atoms with Gasteiger partial charge in [-0.05, 0) is 35.4 Å². The summed E-state index contributed by atoms with van der Waals surface area (Å²) in [5.74, 6) is -0.189. The molecule has 6 nitrogen and oxygen atoms in total. The smallest absolute Gasteiger partial charge is 0.341 e. The molecular weight excluding hydrogens is 312 g/mol. The van der Waals surface area contributed by atoms with Crippen LogP contribution in [0.2, 0.25) is 0 Å². The third-order valence-corrected chi connectivity index (χ3v) is 3.54. The van der Waals surface area contributed by atoms with E-state index in [1.807, 2.05) is 0 Å².